The zero-order valence-corrected chi connectivity index (χ0v) is 10.1. The van der Waals surface area contributed by atoms with Crippen LogP contribution in [0, 0.1) is 5.92 Å². The first kappa shape index (κ1) is 11.9. The maximum absolute atomic E-state index is 11.0. The Labute approximate surface area is 101 Å². The molecule has 4 heteroatoms. The third-order valence-corrected chi connectivity index (χ3v) is 2.82. The molecule has 0 saturated heterocycles. The summed E-state index contributed by atoms with van der Waals surface area (Å²) in [4.78, 5) is 15.3. The molecular formula is C13H17NO3. The molecular weight excluding hydrogens is 218 g/mol. The van der Waals surface area contributed by atoms with Crippen LogP contribution in [0.5, 0.6) is 5.88 Å². The van der Waals surface area contributed by atoms with E-state index in [0.29, 0.717) is 18.4 Å². The van der Waals surface area contributed by atoms with Gasteiger partial charge < -0.3 is 9.84 Å². The Balaban J connectivity index is 2.19. The number of aromatic carboxylic acids is 1. The molecule has 4 nitrogen and oxygen atoms in total. The van der Waals surface area contributed by atoms with Crippen molar-refractivity contribution < 1.29 is 14.6 Å². The van der Waals surface area contributed by atoms with Gasteiger partial charge in [0.25, 0.3) is 0 Å². The summed E-state index contributed by atoms with van der Waals surface area (Å²) in [5.74, 6) is 0.316. The third-order valence-electron chi connectivity index (χ3n) is 2.82. The van der Waals surface area contributed by atoms with E-state index < -0.39 is 5.97 Å². The minimum atomic E-state index is -0.939. The van der Waals surface area contributed by atoms with E-state index in [2.05, 4.69) is 4.98 Å². The van der Waals surface area contributed by atoms with Crippen molar-refractivity contribution in [1.82, 2.24) is 4.98 Å². The summed E-state index contributed by atoms with van der Waals surface area (Å²) in [7, 11) is 0. The number of hydrogen-bond acceptors (Lipinski definition) is 3. The van der Waals surface area contributed by atoms with Crippen LogP contribution in [0.4, 0.5) is 0 Å². The number of ether oxygens (including phenoxy) is 1. The van der Waals surface area contributed by atoms with E-state index >= 15 is 0 Å². The lowest BCUT2D eigenvalue weighted by Crippen LogP contribution is -2.06. The Morgan fingerprint density at radius 2 is 2.24 bits per heavy atom. The molecule has 0 spiro atoms. The zero-order chi connectivity index (χ0) is 12.4. The van der Waals surface area contributed by atoms with Crippen molar-refractivity contribution in [3.05, 3.63) is 23.4 Å². The molecule has 0 atom stereocenters. The second-order valence-electron chi connectivity index (χ2n) is 4.83. The van der Waals surface area contributed by atoms with Gasteiger partial charge in [0.05, 0.1) is 12.2 Å². The van der Waals surface area contributed by atoms with E-state index in [9.17, 15) is 4.79 Å². The lowest BCUT2D eigenvalue weighted by Gasteiger charge is -2.10. The first-order valence-corrected chi connectivity index (χ1v) is 5.94. The smallest absolute Gasteiger partial charge is 0.335 e. The number of pyridine rings is 1. The van der Waals surface area contributed by atoms with Crippen molar-refractivity contribution in [3.63, 3.8) is 0 Å². The fraction of sp³-hybridized carbons (Fsp3) is 0.538. The predicted molar refractivity (Wildman–Crippen MR) is 63.5 cm³/mol. The maximum Gasteiger partial charge on any atom is 0.335 e. The van der Waals surface area contributed by atoms with Crippen LogP contribution in [-0.4, -0.2) is 22.7 Å². The molecule has 0 amide bonds. The molecule has 1 aliphatic rings. The van der Waals surface area contributed by atoms with Crippen LogP contribution in [0.2, 0.25) is 0 Å². The predicted octanol–water partition coefficient (Wildman–Crippen LogP) is 2.69. The summed E-state index contributed by atoms with van der Waals surface area (Å²) in [5, 5.41) is 9.02. The van der Waals surface area contributed by atoms with Gasteiger partial charge in [-0.05, 0) is 30.7 Å². The number of aromatic nitrogens is 1. The molecule has 1 saturated carbocycles. The van der Waals surface area contributed by atoms with Gasteiger partial charge in [0, 0.05) is 11.8 Å². The van der Waals surface area contributed by atoms with Gasteiger partial charge >= 0.3 is 5.97 Å². The number of hydrogen-bond donors (Lipinski definition) is 1. The van der Waals surface area contributed by atoms with Crippen molar-refractivity contribution in [2.45, 2.75) is 32.6 Å². The second kappa shape index (κ2) is 4.73. The van der Waals surface area contributed by atoms with Gasteiger partial charge in [-0.2, -0.15) is 0 Å². The van der Waals surface area contributed by atoms with Crippen molar-refractivity contribution in [3.8, 4) is 5.88 Å². The number of carboxylic acids is 1. The monoisotopic (exact) mass is 235 g/mol. The molecule has 0 bridgehead atoms. The quantitative estimate of drug-likeness (QED) is 0.852. The first-order valence-electron chi connectivity index (χ1n) is 5.94. The van der Waals surface area contributed by atoms with Gasteiger partial charge in [-0.1, -0.05) is 13.8 Å². The average Bonchev–Trinajstić information content (AvgIpc) is 3.09. The van der Waals surface area contributed by atoms with E-state index in [4.69, 9.17) is 9.84 Å². The van der Waals surface area contributed by atoms with Gasteiger partial charge in [0.1, 0.15) is 0 Å². The average molecular weight is 235 g/mol. The number of carbonyl (C=O) groups is 1. The molecule has 1 aromatic rings. The lowest BCUT2D eigenvalue weighted by atomic mass is 10.1. The van der Waals surface area contributed by atoms with Crippen LogP contribution in [0.3, 0.4) is 0 Å². The fourth-order valence-corrected chi connectivity index (χ4v) is 1.51. The van der Waals surface area contributed by atoms with E-state index in [1.165, 1.54) is 18.9 Å². The SMILES string of the molecule is CC(C)c1cc(C(=O)O)cc(OCC2CC2)n1. The van der Waals surface area contributed by atoms with Crippen molar-refractivity contribution in [2.24, 2.45) is 5.92 Å². The highest BCUT2D eigenvalue weighted by Gasteiger charge is 2.22. The summed E-state index contributed by atoms with van der Waals surface area (Å²) in [6, 6.07) is 3.10. The first-order chi connectivity index (χ1) is 8.06. The van der Waals surface area contributed by atoms with Crippen LogP contribution in [-0.2, 0) is 0 Å². The Kier molecular flexibility index (Phi) is 3.31. The topological polar surface area (TPSA) is 59.4 Å². The summed E-state index contributed by atoms with van der Waals surface area (Å²) < 4.78 is 5.54. The van der Waals surface area contributed by atoms with E-state index in [-0.39, 0.29) is 11.5 Å². The molecule has 1 aliphatic carbocycles. The van der Waals surface area contributed by atoms with Crippen molar-refractivity contribution in [2.75, 3.05) is 6.61 Å². The molecule has 17 heavy (non-hydrogen) atoms. The van der Waals surface area contributed by atoms with Crippen LogP contribution in [0.15, 0.2) is 12.1 Å². The van der Waals surface area contributed by atoms with Gasteiger partial charge in [0.15, 0.2) is 0 Å². The Morgan fingerprint density at radius 3 is 2.76 bits per heavy atom. The van der Waals surface area contributed by atoms with Crippen molar-refractivity contribution in [1.29, 1.82) is 0 Å². The molecule has 1 fully saturated rings. The Hall–Kier alpha value is -1.58. The molecule has 0 radical (unpaired) electrons. The van der Waals surface area contributed by atoms with Crippen LogP contribution >= 0.6 is 0 Å². The molecule has 0 aromatic carbocycles. The highest BCUT2D eigenvalue weighted by Crippen LogP contribution is 2.29. The van der Waals surface area contributed by atoms with Crippen LogP contribution in [0.25, 0.3) is 0 Å². The molecule has 92 valence electrons. The number of rotatable bonds is 5. The molecule has 0 unspecified atom stereocenters. The van der Waals surface area contributed by atoms with Crippen molar-refractivity contribution >= 4 is 5.97 Å². The highest BCUT2D eigenvalue weighted by atomic mass is 16.5. The second-order valence-corrected chi connectivity index (χ2v) is 4.83. The lowest BCUT2D eigenvalue weighted by molar-refractivity contribution is 0.0696. The van der Waals surface area contributed by atoms with Gasteiger partial charge in [-0.3, -0.25) is 0 Å². The number of nitrogens with zero attached hydrogens (tertiary/aromatic N) is 1. The molecule has 1 heterocycles. The summed E-state index contributed by atoms with van der Waals surface area (Å²) in [6.07, 6.45) is 2.41. The Bertz CT molecular complexity index is 425. The molecule has 2 rings (SSSR count). The molecule has 1 N–H and O–H groups in total. The normalized spacial score (nSPS) is 15.0. The van der Waals surface area contributed by atoms with Gasteiger partial charge in [0.2, 0.25) is 5.88 Å². The van der Waals surface area contributed by atoms with E-state index in [0.717, 1.165) is 5.69 Å². The minimum absolute atomic E-state index is 0.192. The number of carboxylic acid groups (broad SMARTS) is 1. The minimum Gasteiger partial charge on any atom is -0.478 e. The van der Waals surface area contributed by atoms with Crippen LogP contribution in [0.1, 0.15) is 48.7 Å². The highest BCUT2D eigenvalue weighted by molar-refractivity contribution is 5.88. The molecule has 0 aliphatic heterocycles. The summed E-state index contributed by atoms with van der Waals surface area (Å²) in [5.41, 5.74) is 1.00. The third kappa shape index (κ3) is 3.19. The summed E-state index contributed by atoms with van der Waals surface area (Å²) >= 11 is 0. The molecule has 1 aromatic heterocycles. The largest absolute Gasteiger partial charge is 0.478 e. The van der Waals surface area contributed by atoms with E-state index in [1.54, 1.807) is 6.07 Å². The standard InChI is InChI=1S/C13H17NO3/c1-8(2)11-5-10(13(15)16)6-12(14-11)17-7-9-3-4-9/h5-6,8-9H,3-4,7H2,1-2H3,(H,15,16). The Morgan fingerprint density at radius 1 is 1.53 bits per heavy atom. The fourth-order valence-electron chi connectivity index (χ4n) is 1.51. The van der Waals surface area contributed by atoms with Gasteiger partial charge in [-0.25, -0.2) is 9.78 Å². The van der Waals surface area contributed by atoms with E-state index in [1.807, 2.05) is 13.8 Å². The maximum atomic E-state index is 11.0. The zero-order valence-electron chi connectivity index (χ0n) is 10.1. The van der Waals surface area contributed by atoms with Crippen LogP contribution < -0.4 is 4.74 Å². The summed E-state index contributed by atoms with van der Waals surface area (Å²) in [6.45, 7) is 4.62. The van der Waals surface area contributed by atoms with Gasteiger partial charge in [-0.15, -0.1) is 0 Å².